The fourth-order valence-electron chi connectivity index (χ4n) is 4.04. The zero-order valence-electron chi connectivity index (χ0n) is 15.4. The van der Waals surface area contributed by atoms with Gasteiger partial charge in [-0.1, -0.05) is 0 Å². The first-order valence-corrected chi connectivity index (χ1v) is 11.6. The highest BCUT2D eigenvalue weighted by molar-refractivity contribution is 7.28. The minimum Gasteiger partial charge on any atom is -0.361 e. The van der Waals surface area contributed by atoms with Crippen LogP contribution in [0.25, 0.3) is 0 Å². The van der Waals surface area contributed by atoms with E-state index < -0.39 is 0 Å². The van der Waals surface area contributed by atoms with Crippen LogP contribution in [0.1, 0.15) is 45.6 Å². The fourth-order valence-corrected chi connectivity index (χ4v) is 5.54. The lowest BCUT2D eigenvalue weighted by Crippen LogP contribution is -2.05. The summed E-state index contributed by atoms with van der Waals surface area (Å²) in [7, 11) is 11.5. The molecule has 0 saturated heterocycles. The standard InChI is InChI=1S/C20H24N4P4/c25-17-4-9-1-10-5-19(27)15(22-10)8-16-20(28)7-12(24-16)3-14-18(26)6-11(23-14)2-13(17)21-9/h4-7,21-24H,1-3,8,25-28H2. The highest BCUT2D eigenvalue weighted by Gasteiger charge is 2.15. The van der Waals surface area contributed by atoms with Crippen molar-refractivity contribution in [2.45, 2.75) is 25.7 Å². The first-order valence-electron chi connectivity index (χ1n) is 9.29. The Morgan fingerprint density at radius 1 is 0.429 bits per heavy atom. The van der Waals surface area contributed by atoms with E-state index in [0.29, 0.717) is 0 Å². The summed E-state index contributed by atoms with van der Waals surface area (Å²) in [5.41, 5.74) is 9.92. The van der Waals surface area contributed by atoms with E-state index in [-0.39, 0.29) is 0 Å². The van der Waals surface area contributed by atoms with Crippen LogP contribution in [-0.4, -0.2) is 19.9 Å². The van der Waals surface area contributed by atoms with Gasteiger partial charge in [-0.15, -0.1) is 37.0 Å². The zero-order valence-corrected chi connectivity index (χ0v) is 20.1. The predicted octanol–water partition coefficient (Wildman–Crippen LogP) is 1.68. The summed E-state index contributed by atoms with van der Waals surface area (Å²) >= 11 is 0. The molecule has 4 atom stereocenters. The van der Waals surface area contributed by atoms with Crippen molar-refractivity contribution < 1.29 is 0 Å². The Bertz CT molecular complexity index is 1180. The van der Waals surface area contributed by atoms with Gasteiger partial charge in [-0.05, 0) is 45.5 Å². The van der Waals surface area contributed by atoms with Gasteiger partial charge in [0, 0.05) is 71.2 Å². The van der Waals surface area contributed by atoms with Gasteiger partial charge in [0.1, 0.15) is 0 Å². The van der Waals surface area contributed by atoms with Crippen LogP contribution in [0.3, 0.4) is 0 Å². The van der Waals surface area contributed by atoms with Crippen LogP contribution in [0.4, 0.5) is 0 Å². The van der Waals surface area contributed by atoms with Crippen LogP contribution in [0, 0.1) is 0 Å². The third-order valence-corrected chi connectivity index (χ3v) is 7.49. The molecule has 8 heteroatoms. The van der Waals surface area contributed by atoms with Gasteiger partial charge in [-0.2, -0.15) is 0 Å². The summed E-state index contributed by atoms with van der Waals surface area (Å²) in [5.74, 6) is 0. The Kier molecular flexibility index (Phi) is 4.89. The molecule has 0 spiro atoms. The lowest BCUT2D eigenvalue weighted by molar-refractivity contribution is 0.952. The topological polar surface area (TPSA) is 63.2 Å². The first kappa shape index (κ1) is 18.8. The molecule has 0 radical (unpaired) electrons. The molecule has 4 aromatic rings. The van der Waals surface area contributed by atoms with Crippen LogP contribution >= 0.6 is 37.0 Å². The van der Waals surface area contributed by atoms with Crippen molar-refractivity contribution in [2.75, 3.05) is 0 Å². The summed E-state index contributed by atoms with van der Waals surface area (Å²) in [6.45, 7) is 0. The van der Waals surface area contributed by atoms with Crippen LogP contribution in [0.5, 0.6) is 0 Å². The van der Waals surface area contributed by atoms with Gasteiger partial charge in [-0.3, -0.25) is 0 Å². The molecule has 8 bridgehead atoms. The minimum absolute atomic E-state index is 0.867. The maximum atomic E-state index is 3.64. The molecule has 4 aromatic heterocycles. The Balaban J connectivity index is 1.61. The summed E-state index contributed by atoms with van der Waals surface area (Å²) in [4.78, 5) is 14.5. The zero-order chi connectivity index (χ0) is 19.4. The highest BCUT2D eigenvalue weighted by atomic mass is 31.0. The van der Waals surface area contributed by atoms with Crippen LogP contribution < -0.4 is 21.2 Å². The molecule has 4 unspecified atom stereocenters. The maximum absolute atomic E-state index is 3.64. The largest absolute Gasteiger partial charge is 0.361 e. The van der Waals surface area contributed by atoms with Gasteiger partial charge in [-0.25, -0.2) is 0 Å². The van der Waals surface area contributed by atoms with Crippen molar-refractivity contribution in [1.29, 1.82) is 0 Å². The molecular weight excluding hydrogens is 420 g/mol. The molecule has 1 aliphatic rings. The molecule has 0 aliphatic carbocycles. The maximum Gasteiger partial charge on any atom is 0.0290 e. The molecule has 144 valence electrons. The number of hydrogen-bond donors (Lipinski definition) is 4. The first-order chi connectivity index (χ1) is 13.4. The van der Waals surface area contributed by atoms with Crippen LogP contribution in [0.2, 0.25) is 0 Å². The summed E-state index contributed by atoms with van der Waals surface area (Å²) < 4.78 is 0. The summed E-state index contributed by atoms with van der Waals surface area (Å²) in [6, 6.07) is 8.97. The fraction of sp³-hybridized carbons (Fsp3) is 0.200. The Labute approximate surface area is 173 Å². The van der Waals surface area contributed by atoms with Gasteiger partial charge in [0.05, 0.1) is 0 Å². The molecule has 4 nitrogen and oxygen atoms in total. The summed E-state index contributed by atoms with van der Waals surface area (Å²) in [5, 5.41) is 4.94. The number of rotatable bonds is 0. The van der Waals surface area contributed by atoms with Crippen molar-refractivity contribution in [3.63, 3.8) is 0 Å². The van der Waals surface area contributed by atoms with E-state index in [1.165, 1.54) is 66.8 Å². The SMILES string of the molecule is Pc1cc2[nH]c1Cc1cc(P)c([nH]1)Cc1cc(P)c([nH]1)Cc1[nH]c(cc1P)C2. The molecule has 1 aliphatic heterocycles. The molecule has 5 rings (SSSR count). The average molecular weight is 444 g/mol. The van der Waals surface area contributed by atoms with Crippen molar-refractivity contribution >= 4 is 58.2 Å². The molecule has 0 aromatic carbocycles. The van der Waals surface area contributed by atoms with Gasteiger partial charge >= 0.3 is 0 Å². The second-order valence-corrected chi connectivity index (χ2v) is 10.1. The molecule has 4 N–H and O–H groups in total. The van der Waals surface area contributed by atoms with E-state index in [4.69, 9.17) is 0 Å². The lowest BCUT2D eigenvalue weighted by Gasteiger charge is -2.03. The monoisotopic (exact) mass is 444 g/mol. The number of hydrogen-bond acceptors (Lipinski definition) is 0. The number of H-pyrrole nitrogens is 4. The molecule has 0 amide bonds. The Hall–Kier alpha value is -1.16. The normalized spacial score (nSPS) is 13.9. The van der Waals surface area contributed by atoms with E-state index in [9.17, 15) is 0 Å². The van der Waals surface area contributed by atoms with E-state index in [1.807, 2.05) is 0 Å². The quantitative estimate of drug-likeness (QED) is 0.263. The van der Waals surface area contributed by atoms with E-state index >= 15 is 0 Å². The van der Waals surface area contributed by atoms with Crippen molar-refractivity contribution in [1.82, 2.24) is 19.9 Å². The van der Waals surface area contributed by atoms with Crippen molar-refractivity contribution in [3.05, 3.63) is 69.8 Å². The van der Waals surface area contributed by atoms with E-state index in [0.717, 1.165) is 25.7 Å². The third-order valence-electron chi connectivity index (χ3n) is 5.43. The minimum atomic E-state index is 0.867. The van der Waals surface area contributed by atoms with Crippen molar-refractivity contribution in [3.8, 4) is 0 Å². The average Bonchev–Trinajstić information content (AvgIpc) is 3.33. The summed E-state index contributed by atoms with van der Waals surface area (Å²) in [6.07, 6.45) is 3.48. The van der Waals surface area contributed by atoms with Crippen LogP contribution in [-0.2, 0) is 25.7 Å². The van der Waals surface area contributed by atoms with Gasteiger partial charge in [0.2, 0.25) is 0 Å². The number of aromatic amines is 4. The van der Waals surface area contributed by atoms with E-state index in [2.05, 4.69) is 81.2 Å². The number of aromatic nitrogens is 4. The predicted molar refractivity (Wildman–Crippen MR) is 132 cm³/mol. The molecule has 0 saturated carbocycles. The number of fused-ring (bicyclic) bond motifs is 8. The lowest BCUT2D eigenvalue weighted by atomic mass is 10.2. The second-order valence-electron chi connectivity index (χ2n) is 7.62. The third kappa shape index (κ3) is 3.58. The van der Waals surface area contributed by atoms with E-state index in [1.54, 1.807) is 0 Å². The molecular formula is C20H24N4P4. The number of nitrogens with one attached hydrogen (secondary N) is 4. The smallest absolute Gasteiger partial charge is 0.0290 e. The van der Waals surface area contributed by atoms with Crippen LogP contribution in [0.15, 0.2) is 24.3 Å². The van der Waals surface area contributed by atoms with Gasteiger partial charge < -0.3 is 19.9 Å². The van der Waals surface area contributed by atoms with Crippen molar-refractivity contribution in [2.24, 2.45) is 0 Å². The Morgan fingerprint density at radius 3 is 1.07 bits per heavy atom. The van der Waals surface area contributed by atoms with Gasteiger partial charge in [0.25, 0.3) is 0 Å². The Morgan fingerprint density at radius 2 is 0.714 bits per heavy atom. The molecule has 28 heavy (non-hydrogen) atoms. The molecule has 5 heterocycles. The molecule has 0 fully saturated rings. The van der Waals surface area contributed by atoms with Gasteiger partial charge in [0.15, 0.2) is 0 Å². The second kappa shape index (κ2) is 7.27. The highest BCUT2D eigenvalue weighted by Crippen LogP contribution is 2.18.